The summed E-state index contributed by atoms with van der Waals surface area (Å²) in [6, 6.07) is 25.6. The molecule has 3 N–H and O–H groups in total. The second-order valence-corrected chi connectivity index (χ2v) is 16.4. The molecule has 270 valence electrons. The number of urea groups is 1. The zero-order valence-electron chi connectivity index (χ0n) is 30.0. The van der Waals surface area contributed by atoms with Crippen molar-refractivity contribution in [2.24, 2.45) is 17.8 Å². The molecule has 0 unspecified atom stereocenters. The molecule has 1 heterocycles. The van der Waals surface area contributed by atoms with E-state index < -0.39 is 6.29 Å². The van der Waals surface area contributed by atoms with Gasteiger partial charge in [0.25, 0.3) is 0 Å². The van der Waals surface area contributed by atoms with Crippen LogP contribution in [-0.4, -0.2) is 46.8 Å². The van der Waals surface area contributed by atoms with Gasteiger partial charge in [-0.1, -0.05) is 85.6 Å². The fourth-order valence-electron chi connectivity index (χ4n) is 10.5. The zero-order valence-corrected chi connectivity index (χ0v) is 30.0. The molecule has 4 bridgehead atoms. The van der Waals surface area contributed by atoms with Gasteiger partial charge < -0.3 is 25.2 Å². The number of rotatable bonds is 12. The van der Waals surface area contributed by atoms with Gasteiger partial charge in [0, 0.05) is 43.2 Å². The Bertz CT molecular complexity index is 1610. The van der Waals surface area contributed by atoms with Crippen LogP contribution in [0.25, 0.3) is 11.1 Å². The summed E-state index contributed by atoms with van der Waals surface area (Å²) in [6.45, 7) is 6.29. The van der Waals surface area contributed by atoms with Gasteiger partial charge in [0.15, 0.2) is 6.29 Å². The van der Waals surface area contributed by atoms with Crippen LogP contribution in [0.4, 0.5) is 4.79 Å². The maximum absolute atomic E-state index is 13.1. The zero-order chi connectivity index (χ0) is 34.8. The first-order chi connectivity index (χ1) is 24.9. The highest BCUT2D eigenvalue weighted by Gasteiger charge is 2.51. The monoisotopic (exact) mass is 689 g/mol. The molecule has 1 aliphatic heterocycles. The van der Waals surface area contributed by atoms with Crippen molar-refractivity contribution in [3.63, 3.8) is 0 Å². The molecule has 5 saturated carbocycles. The lowest BCUT2D eigenvalue weighted by Gasteiger charge is -2.56. The fraction of sp³-hybridized carbons (Fsp3) is 0.523. The predicted octanol–water partition coefficient (Wildman–Crippen LogP) is 8.59. The molecule has 1 saturated heterocycles. The number of nitrogens with zero attached hydrogens (tertiary/aromatic N) is 1. The Hall–Kier alpha value is -3.49. The van der Waals surface area contributed by atoms with Gasteiger partial charge in [-0.15, -0.1) is 6.58 Å². The van der Waals surface area contributed by atoms with Gasteiger partial charge in [0.1, 0.15) is 0 Å². The Morgan fingerprint density at radius 1 is 0.843 bits per heavy atom. The van der Waals surface area contributed by atoms with Gasteiger partial charge in [-0.2, -0.15) is 0 Å². The summed E-state index contributed by atoms with van der Waals surface area (Å²) in [5.74, 6) is 2.41. The molecule has 51 heavy (non-hydrogen) atoms. The third-order valence-corrected chi connectivity index (χ3v) is 12.6. The number of benzene rings is 3. The van der Waals surface area contributed by atoms with Crippen molar-refractivity contribution in [3.05, 3.63) is 108 Å². The summed E-state index contributed by atoms with van der Waals surface area (Å²) in [5.41, 5.74) is 6.32. The van der Waals surface area contributed by atoms with Gasteiger partial charge in [-0.3, -0.25) is 4.90 Å². The molecule has 7 heteroatoms. The number of ether oxygens (including phenoxy) is 2. The number of aliphatic hydroxyl groups is 1. The summed E-state index contributed by atoms with van der Waals surface area (Å²) in [6.07, 6.45) is 14.8. The Labute approximate surface area is 303 Å². The van der Waals surface area contributed by atoms with Crippen molar-refractivity contribution in [3.8, 4) is 11.1 Å². The molecule has 0 aromatic heterocycles. The van der Waals surface area contributed by atoms with E-state index in [9.17, 15) is 9.90 Å². The van der Waals surface area contributed by atoms with E-state index in [0.717, 1.165) is 89.9 Å². The van der Waals surface area contributed by atoms with E-state index in [1.54, 1.807) is 0 Å². The summed E-state index contributed by atoms with van der Waals surface area (Å²) < 4.78 is 13.4. The quantitative estimate of drug-likeness (QED) is 0.166. The van der Waals surface area contributed by atoms with Crippen LogP contribution in [0.15, 0.2) is 85.5 Å². The van der Waals surface area contributed by atoms with Crippen LogP contribution in [0.1, 0.15) is 105 Å². The lowest BCUT2D eigenvalue weighted by molar-refractivity contribution is -0.253. The van der Waals surface area contributed by atoms with Crippen molar-refractivity contribution < 1.29 is 19.4 Å². The number of carbonyl (C=O) groups is 1. The fourth-order valence-corrected chi connectivity index (χ4v) is 10.5. The number of carbonyl (C=O) groups excluding carboxylic acids is 1. The molecule has 3 aromatic rings. The second kappa shape index (κ2) is 15.2. The summed E-state index contributed by atoms with van der Waals surface area (Å²) >= 11 is 0. The van der Waals surface area contributed by atoms with Gasteiger partial charge in [-0.05, 0) is 103 Å². The van der Waals surface area contributed by atoms with E-state index in [-0.39, 0.29) is 30.4 Å². The Balaban J connectivity index is 0.931. The first-order valence-electron chi connectivity index (χ1n) is 19.5. The van der Waals surface area contributed by atoms with E-state index in [2.05, 4.69) is 82.8 Å². The Morgan fingerprint density at radius 3 is 2.20 bits per heavy atom. The van der Waals surface area contributed by atoms with Crippen LogP contribution in [-0.2, 0) is 22.6 Å². The largest absolute Gasteiger partial charge is 0.392 e. The van der Waals surface area contributed by atoms with Crippen molar-refractivity contribution in [1.82, 2.24) is 15.5 Å². The SMILES string of the molecule is C=CCN(C[C@H]1C[C@@H](c2ccc(CO)cc2)O[C@@H](c2ccc(-c3cccc(CNC(=O)NC45CC6CC(CC(C6)C4)C5)c3)cc2)O1)C1CCCC1. The van der Waals surface area contributed by atoms with Crippen molar-refractivity contribution >= 4 is 6.03 Å². The first-order valence-corrected chi connectivity index (χ1v) is 19.5. The number of hydrogen-bond donors (Lipinski definition) is 3. The van der Waals surface area contributed by atoms with Gasteiger partial charge in [0.2, 0.25) is 0 Å². The standard InChI is InChI=1S/C44H55N3O4/c1-2-18-47(39-8-3-4-9-39)28-40-23-41(36-12-10-30(29-48)11-13-36)51-42(50-40)37-16-14-35(15-17-37)38-7-5-6-31(22-38)27-45-43(49)46-44-24-32-19-33(25-44)21-34(20-32)26-44/h2,5-7,10-17,22,32-34,39-42,48H,1,3-4,8-9,18-21,23-29H2,(H2,45,46,49)/t32?,33?,34?,40-,41+,42+,44?/m1/s1. The van der Waals surface area contributed by atoms with Gasteiger partial charge >= 0.3 is 6.03 Å². The molecule has 0 spiro atoms. The summed E-state index contributed by atoms with van der Waals surface area (Å²) in [7, 11) is 0. The van der Waals surface area contributed by atoms with Gasteiger partial charge in [-0.25, -0.2) is 4.79 Å². The third-order valence-electron chi connectivity index (χ3n) is 12.6. The first kappa shape index (κ1) is 34.6. The van der Waals surface area contributed by atoms with Crippen molar-refractivity contribution in [1.29, 1.82) is 0 Å². The maximum Gasteiger partial charge on any atom is 0.315 e. The Kier molecular flexibility index (Phi) is 10.3. The highest BCUT2D eigenvalue weighted by atomic mass is 16.7. The van der Waals surface area contributed by atoms with Crippen molar-refractivity contribution in [2.75, 3.05) is 13.1 Å². The molecule has 6 aliphatic rings. The van der Waals surface area contributed by atoms with Crippen LogP contribution < -0.4 is 10.6 Å². The normalized spacial score (nSPS) is 30.1. The maximum atomic E-state index is 13.1. The predicted molar refractivity (Wildman–Crippen MR) is 201 cm³/mol. The average molecular weight is 690 g/mol. The minimum atomic E-state index is -0.488. The minimum Gasteiger partial charge on any atom is -0.392 e. The van der Waals surface area contributed by atoms with E-state index in [0.29, 0.717) is 12.6 Å². The van der Waals surface area contributed by atoms with Crippen molar-refractivity contribution in [2.45, 2.75) is 114 Å². The smallest absolute Gasteiger partial charge is 0.315 e. The van der Waals surface area contributed by atoms with Crippen LogP contribution in [0, 0.1) is 17.8 Å². The number of aliphatic hydroxyl groups excluding tert-OH is 1. The molecule has 2 amide bonds. The molecule has 7 nitrogen and oxygen atoms in total. The van der Waals surface area contributed by atoms with Crippen LogP contribution >= 0.6 is 0 Å². The van der Waals surface area contributed by atoms with Crippen LogP contribution in [0.2, 0.25) is 0 Å². The lowest BCUT2D eigenvalue weighted by atomic mass is 9.53. The molecule has 9 rings (SSSR count). The van der Waals surface area contributed by atoms with E-state index in [4.69, 9.17) is 9.47 Å². The Morgan fingerprint density at radius 2 is 1.53 bits per heavy atom. The molecule has 3 atom stereocenters. The molecule has 0 radical (unpaired) electrons. The van der Waals surface area contributed by atoms with Crippen LogP contribution in [0.3, 0.4) is 0 Å². The summed E-state index contributed by atoms with van der Waals surface area (Å²) in [4.78, 5) is 15.7. The lowest BCUT2D eigenvalue weighted by Crippen LogP contribution is -2.61. The topological polar surface area (TPSA) is 83.1 Å². The average Bonchev–Trinajstić information content (AvgIpc) is 3.69. The van der Waals surface area contributed by atoms with Gasteiger partial charge in [0.05, 0.1) is 18.8 Å². The molecular weight excluding hydrogens is 635 g/mol. The molecule has 6 fully saturated rings. The highest BCUT2D eigenvalue weighted by Crippen LogP contribution is 2.55. The van der Waals surface area contributed by atoms with E-state index >= 15 is 0 Å². The number of nitrogens with one attached hydrogen (secondary N) is 2. The molecular formula is C44H55N3O4. The highest BCUT2D eigenvalue weighted by molar-refractivity contribution is 5.75. The molecule has 5 aliphatic carbocycles. The number of hydrogen-bond acceptors (Lipinski definition) is 5. The van der Waals surface area contributed by atoms with E-state index in [1.165, 1.54) is 44.9 Å². The van der Waals surface area contributed by atoms with Crippen LogP contribution in [0.5, 0.6) is 0 Å². The minimum absolute atomic E-state index is 0.0100. The van der Waals surface area contributed by atoms with E-state index in [1.807, 2.05) is 18.2 Å². The third kappa shape index (κ3) is 7.97. The second-order valence-electron chi connectivity index (χ2n) is 16.4. The number of amides is 2. The molecule has 3 aromatic carbocycles. The summed E-state index contributed by atoms with van der Waals surface area (Å²) in [5, 5.41) is 16.2.